The molecule has 10 heteroatoms. The third-order valence-corrected chi connectivity index (χ3v) is 6.49. The van der Waals surface area contributed by atoms with Crippen molar-refractivity contribution in [2.24, 2.45) is 11.8 Å². The average Bonchev–Trinajstić information content (AvgIpc) is 3.15. The maximum Gasteiger partial charge on any atom is 0.194 e. The van der Waals surface area contributed by atoms with Crippen molar-refractivity contribution in [3.05, 3.63) is 0 Å². The molecule has 10 atom stereocenters. The molecule has 0 radical (unpaired) electrons. The Labute approximate surface area is 177 Å². The topological polar surface area (TPSA) is 152 Å². The minimum absolute atomic E-state index is 0.279. The van der Waals surface area contributed by atoms with Gasteiger partial charge < -0.3 is 44.8 Å². The second-order valence-corrected chi connectivity index (χ2v) is 9.42. The summed E-state index contributed by atoms with van der Waals surface area (Å²) in [7, 11) is 0. The normalized spacial score (nSPS) is 48.4. The zero-order chi connectivity index (χ0) is 22.2. The van der Waals surface area contributed by atoms with Gasteiger partial charge in [0.15, 0.2) is 5.79 Å². The van der Waals surface area contributed by atoms with Crippen molar-refractivity contribution < 1.29 is 44.8 Å². The SMILES string of the molecule is CC(C)C[C@H]1CCN(C2OC(CO)C(OC3(C)OCC(O)C(O)C3O)C(O)C2O)C1. The van der Waals surface area contributed by atoms with Crippen molar-refractivity contribution in [2.75, 3.05) is 26.3 Å². The molecule has 0 aliphatic carbocycles. The molecule has 0 aromatic carbocycles. The maximum atomic E-state index is 10.8. The van der Waals surface area contributed by atoms with E-state index in [4.69, 9.17) is 14.2 Å². The van der Waals surface area contributed by atoms with Crippen LogP contribution in [-0.2, 0) is 14.2 Å². The summed E-state index contributed by atoms with van der Waals surface area (Å²) in [5, 5.41) is 61.3. The van der Waals surface area contributed by atoms with Crippen molar-refractivity contribution in [3.63, 3.8) is 0 Å². The molecule has 3 saturated heterocycles. The fraction of sp³-hybridized carbons (Fsp3) is 1.00. The highest BCUT2D eigenvalue weighted by atomic mass is 16.7. The molecule has 0 saturated carbocycles. The van der Waals surface area contributed by atoms with Gasteiger partial charge in [-0.15, -0.1) is 0 Å². The van der Waals surface area contributed by atoms with Crippen molar-refractivity contribution in [3.8, 4) is 0 Å². The smallest absolute Gasteiger partial charge is 0.194 e. The number of likely N-dealkylation sites (tertiary alicyclic amines) is 1. The molecule has 3 aliphatic heterocycles. The lowest BCUT2D eigenvalue weighted by Gasteiger charge is -2.50. The molecule has 10 nitrogen and oxygen atoms in total. The molecular formula is C20H37NO9. The van der Waals surface area contributed by atoms with Gasteiger partial charge in [0.2, 0.25) is 0 Å². The van der Waals surface area contributed by atoms with Crippen LogP contribution in [0.25, 0.3) is 0 Å². The highest BCUT2D eigenvalue weighted by Gasteiger charge is 2.54. The van der Waals surface area contributed by atoms with Crippen molar-refractivity contribution >= 4 is 0 Å². The number of nitrogens with zero attached hydrogens (tertiary/aromatic N) is 1. The van der Waals surface area contributed by atoms with Gasteiger partial charge in [0.25, 0.3) is 0 Å². The molecular weight excluding hydrogens is 398 g/mol. The fourth-order valence-corrected chi connectivity index (χ4v) is 4.80. The fourth-order valence-electron chi connectivity index (χ4n) is 4.80. The molecule has 30 heavy (non-hydrogen) atoms. The first-order valence-corrected chi connectivity index (χ1v) is 10.8. The van der Waals surface area contributed by atoms with Crippen molar-refractivity contribution in [2.45, 2.75) is 88.4 Å². The molecule has 9 unspecified atom stereocenters. The Morgan fingerprint density at radius 2 is 1.80 bits per heavy atom. The molecule has 6 N–H and O–H groups in total. The van der Waals surface area contributed by atoms with Crippen molar-refractivity contribution in [1.29, 1.82) is 0 Å². The van der Waals surface area contributed by atoms with E-state index >= 15 is 0 Å². The van der Waals surface area contributed by atoms with E-state index in [2.05, 4.69) is 13.8 Å². The summed E-state index contributed by atoms with van der Waals surface area (Å²) in [4.78, 5) is 1.98. The summed E-state index contributed by atoms with van der Waals surface area (Å²) < 4.78 is 17.1. The number of aliphatic hydroxyl groups excluding tert-OH is 6. The van der Waals surface area contributed by atoms with Gasteiger partial charge in [-0.1, -0.05) is 13.8 Å². The molecule has 176 valence electrons. The van der Waals surface area contributed by atoms with Gasteiger partial charge in [0.1, 0.15) is 49.0 Å². The lowest BCUT2D eigenvalue weighted by atomic mass is 9.94. The number of rotatable bonds is 6. The molecule has 0 spiro atoms. The van der Waals surface area contributed by atoms with E-state index in [-0.39, 0.29) is 6.61 Å². The summed E-state index contributed by atoms with van der Waals surface area (Å²) in [5.41, 5.74) is 0. The number of ether oxygens (including phenoxy) is 3. The van der Waals surface area contributed by atoms with Crippen LogP contribution in [-0.4, -0.2) is 117 Å². The Morgan fingerprint density at radius 3 is 2.43 bits per heavy atom. The molecule has 3 aliphatic rings. The van der Waals surface area contributed by atoms with E-state index in [1.807, 2.05) is 4.90 Å². The first kappa shape index (κ1) is 24.2. The molecule has 0 amide bonds. The predicted octanol–water partition coefficient (Wildman–Crippen LogP) is -1.99. The van der Waals surface area contributed by atoms with Gasteiger partial charge in [-0.05, 0) is 31.6 Å². The first-order valence-electron chi connectivity index (χ1n) is 10.8. The quantitative estimate of drug-likeness (QED) is 0.276. The maximum absolute atomic E-state index is 10.8. The van der Waals surface area contributed by atoms with Crippen LogP contribution in [0.2, 0.25) is 0 Å². The van der Waals surface area contributed by atoms with Crippen LogP contribution in [0.15, 0.2) is 0 Å². The first-order chi connectivity index (χ1) is 14.1. The second kappa shape index (κ2) is 9.62. The monoisotopic (exact) mass is 435 g/mol. The van der Waals surface area contributed by atoms with E-state index in [0.717, 1.165) is 25.9 Å². The average molecular weight is 436 g/mol. The number of aliphatic hydroxyl groups is 6. The minimum atomic E-state index is -1.76. The van der Waals surface area contributed by atoms with Gasteiger partial charge >= 0.3 is 0 Å². The second-order valence-electron chi connectivity index (χ2n) is 9.42. The van der Waals surface area contributed by atoms with Crippen LogP contribution < -0.4 is 0 Å². The zero-order valence-corrected chi connectivity index (χ0v) is 17.9. The number of hydrogen-bond donors (Lipinski definition) is 6. The van der Waals surface area contributed by atoms with E-state index in [1.165, 1.54) is 6.92 Å². The summed E-state index contributed by atoms with van der Waals surface area (Å²) >= 11 is 0. The molecule has 3 rings (SSSR count). The van der Waals surface area contributed by atoms with Crippen molar-refractivity contribution in [1.82, 2.24) is 4.90 Å². The Hall–Kier alpha value is -0.400. The zero-order valence-electron chi connectivity index (χ0n) is 17.9. The van der Waals surface area contributed by atoms with Gasteiger partial charge in [-0.2, -0.15) is 0 Å². The van der Waals surface area contributed by atoms with Gasteiger partial charge in [0.05, 0.1) is 13.2 Å². The summed E-state index contributed by atoms with van der Waals surface area (Å²) in [6, 6.07) is 0. The van der Waals surface area contributed by atoms with Crippen LogP contribution in [0.3, 0.4) is 0 Å². The van der Waals surface area contributed by atoms with Crippen LogP contribution >= 0.6 is 0 Å². The molecule has 3 heterocycles. The Kier molecular flexibility index (Phi) is 7.77. The van der Waals surface area contributed by atoms with Gasteiger partial charge in [0, 0.05) is 13.1 Å². The van der Waals surface area contributed by atoms with E-state index in [9.17, 15) is 30.6 Å². The Balaban J connectivity index is 1.69. The van der Waals surface area contributed by atoms with Crippen LogP contribution in [0, 0.1) is 11.8 Å². The number of hydrogen-bond acceptors (Lipinski definition) is 10. The minimum Gasteiger partial charge on any atom is -0.394 e. The molecule has 0 bridgehead atoms. The summed E-state index contributed by atoms with van der Waals surface area (Å²) in [5.74, 6) is -0.710. The highest BCUT2D eigenvalue weighted by Crippen LogP contribution is 2.35. The molecule has 3 fully saturated rings. The third kappa shape index (κ3) is 4.83. The molecule has 0 aromatic rings. The van der Waals surface area contributed by atoms with Crippen LogP contribution in [0.1, 0.15) is 33.6 Å². The van der Waals surface area contributed by atoms with Crippen LogP contribution in [0.5, 0.6) is 0 Å². The Morgan fingerprint density at radius 1 is 1.10 bits per heavy atom. The Bertz CT molecular complexity index is 564. The largest absolute Gasteiger partial charge is 0.394 e. The van der Waals surface area contributed by atoms with Crippen LogP contribution in [0.4, 0.5) is 0 Å². The molecule has 0 aromatic heterocycles. The highest BCUT2D eigenvalue weighted by molar-refractivity contribution is 4.98. The van der Waals surface area contributed by atoms with Gasteiger partial charge in [-0.25, -0.2) is 0 Å². The lowest BCUT2D eigenvalue weighted by Crippen LogP contribution is -2.68. The third-order valence-electron chi connectivity index (χ3n) is 6.49. The van der Waals surface area contributed by atoms with E-state index < -0.39 is 61.3 Å². The lowest BCUT2D eigenvalue weighted by molar-refractivity contribution is -0.376. The summed E-state index contributed by atoms with van der Waals surface area (Å²) in [6.45, 7) is 6.40. The van der Waals surface area contributed by atoms with E-state index in [1.54, 1.807) is 0 Å². The predicted molar refractivity (Wildman–Crippen MR) is 104 cm³/mol. The summed E-state index contributed by atoms with van der Waals surface area (Å²) in [6.07, 6.45) is -8.02. The standard InChI is InChI=1S/C20H37NO9/c1-10(2)6-11-4-5-21(7-11)19-16(26)15(25)17(13(8-22)29-19)30-20(3)18(27)14(24)12(23)9-28-20/h10-19,22-27H,4-9H2,1-3H3/t11-,12?,13?,14?,15?,16?,17?,18?,19?,20?/m1/s1. The van der Waals surface area contributed by atoms with Gasteiger partial charge in [-0.3, -0.25) is 4.90 Å². The van der Waals surface area contributed by atoms with E-state index in [0.29, 0.717) is 11.8 Å².